The van der Waals surface area contributed by atoms with Crippen molar-refractivity contribution in [3.63, 3.8) is 0 Å². The van der Waals surface area contributed by atoms with E-state index in [0.717, 1.165) is 24.5 Å². The maximum atomic E-state index is 13.8. The summed E-state index contributed by atoms with van der Waals surface area (Å²) in [6, 6.07) is 6.65. The quantitative estimate of drug-likeness (QED) is 0.517. The molecule has 2 aliphatic heterocycles. The Hall–Kier alpha value is -3.52. The number of rotatable bonds is 5. The van der Waals surface area contributed by atoms with Gasteiger partial charge in [0.2, 0.25) is 10.0 Å². The molecule has 1 amide bonds. The average molecular weight is 553 g/mol. The predicted molar refractivity (Wildman–Crippen MR) is 131 cm³/mol. The third-order valence-corrected chi connectivity index (χ3v) is 8.49. The lowest BCUT2D eigenvalue weighted by molar-refractivity contribution is -0.132. The fraction of sp³-hybridized carbons (Fsp3) is 0.304. The summed E-state index contributed by atoms with van der Waals surface area (Å²) in [7, 11) is -8.06. The number of nitrogens with one attached hydrogen (secondary N) is 2. The van der Waals surface area contributed by atoms with Gasteiger partial charge in [-0.15, -0.1) is 4.40 Å². The highest BCUT2D eigenvalue weighted by molar-refractivity contribution is 7.92. The number of amides is 1. The Balaban J connectivity index is 1.53. The van der Waals surface area contributed by atoms with Crippen molar-refractivity contribution in [2.75, 3.05) is 16.3 Å². The number of sulfonamides is 2. The molecule has 14 heteroatoms. The first-order valence-corrected chi connectivity index (χ1v) is 14.6. The molecule has 1 fully saturated rings. The number of aliphatic hydroxyl groups excluding tert-OH is 1. The van der Waals surface area contributed by atoms with Crippen LogP contribution in [0.2, 0.25) is 0 Å². The van der Waals surface area contributed by atoms with Gasteiger partial charge in [0.1, 0.15) is 16.2 Å². The van der Waals surface area contributed by atoms with Crippen LogP contribution in [-0.2, 0) is 31.4 Å². The first-order valence-electron chi connectivity index (χ1n) is 11.3. The van der Waals surface area contributed by atoms with Crippen molar-refractivity contribution in [3.05, 3.63) is 64.9 Å². The highest BCUT2D eigenvalue weighted by Gasteiger charge is 2.46. The fourth-order valence-corrected chi connectivity index (χ4v) is 6.72. The number of anilines is 2. The Morgan fingerprint density at radius 2 is 1.92 bits per heavy atom. The molecule has 196 valence electrons. The molecule has 0 radical (unpaired) electrons. The second-order valence-corrected chi connectivity index (χ2v) is 12.5. The minimum atomic E-state index is -4.39. The molecule has 1 saturated carbocycles. The van der Waals surface area contributed by atoms with Crippen molar-refractivity contribution in [2.24, 2.45) is 10.3 Å². The van der Waals surface area contributed by atoms with Gasteiger partial charge < -0.3 is 15.3 Å². The van der Waals surface area contributed by atoms with Gasteiger partial charge in [-0.3, -0.25) is 9.52 Å². The van der Waals surface area contributed by atoms with Gasteiger partial charge >= 0.3 is 0 Å². The van der Waals surface area contributed by atoms with Gasteiger partial charge in [0.25, 0.3) is 15.9 Å². The van der Waals surface area contributed by atoms with Crippen LogP contribution in [0.5, 0.6) is 0 Å². The van der Waals surface area contributed by atoms with Crippen LogP contribution in [0.4, 0.5) is 20.2 Å². The number of nitrogens with zero attached hydrogens (tertiary/aromatic N) is 2. The number of aliphatic hydroxyl groups is 1. The van der Waals surface area contributed by atoms with Crippen molar-refractivity contribution in [2.45, 2.75) is 36.7 Å². The topological polar surface area (TPSA) is 145 Å². The summed E-state index contributed by atoms with van der Waals surface area (Å²) in [4.78, 5) is 14.7. The third-order valence-electron chi connectivity index (χ3n) is 6.56. The number of hydrogen-bond donors (Lipinski definition) is 3. The van der Waals surface area contributed by atoms with Gasteiger partial charge in [0, 0.05) is 24.2 Å². The summed E-state index contributed by atoms with van der Waals surface area (Å²) in [5.41, 5.74) is 0.0600. The van der Waals surface area contributed by atoms with E-state index in [1.54, 1.807) is 0 Å². The molecule has 2 aromatic rings. The van der Waals surface area contributed by atoms with E-state index in [9.17, 15) is 35.5 Å². The van der Waals surface area contributed by atoms with Crippen LogP contribution in [0.3, 0.4) is 0 Å². The molecule has 5 rings (SSSR count). The highest BCUT2D eigenvalue weighted by Crippen LogP contribution is 2.42. The first-order chi connectivity index (χ1) is 17.3. The van der Waals surface area contributed by atoms with Crippen LogP contribution in [0.25, 0.3) is 0 Å². The fourth-order valence-electron chi connectivity index (χ4n) is 5.01. The normalized spacial score (nSPS) is 22.7. The van der Waals surface area contributed by atoms with E-state index in [1.807, 2.05) is 0 Å². The van der Waals surface area contributed by atoms with Crippen LogP contribution in [0.15, 0.2) is 57.0 Å². The minimum absolute atomic E-state index is 0.00702. The molecule has 0 bridgehead atoms. The van der Waals surface area contributed by atoms with Crippen molar-refractivity contribution in [3.8, 4) is 0 Å². The molecule has 0 aromatic heterocycles. The summed E-state index contributed by atoms with van der Waals surface area (Å²) in [6.45, 7) is -0.0783. The van der Waals surface area contributed by atoms with Crippen molar-refractivity contribution in [1.29, 1.82) is 0 Å². The summed E-state index contributed by atoms with van der Waals surface area (Å²) < 4.78 is 82.2. The summed E-state index contributed by atoms with van der Waals surface area (Å²) in [5, 5.41) is 13.8. The van der Waals surface area contributed by atoms with E-state index in [-0.39, 0.29) is 40.0 Å². The zero-order valence-electron chi connectivity index (χ0n) is 19.4. The Bertz CT molecular complexity index is 1600. The molecule has 3 N–H and O–H groups in total. The van der Waals surface area contributed by atoms with Crippen LogP contribution in [0.1, 0.15) is 24.8 Å². The number of carbonyl (C=O) groups excluding carboxylic acids is 1. The second-order valence-electron chi connectivity index (χ2n) is 9.17. The maximum absolute atomic E-state index is 13.8. The smallest absolute Gasteiger partial charge is 0.286 e. The number of benzene rings is 2. The maximum Gasteiger partial charge on any atom is 0.286 e. The average Bonchev–Trinajstić information content (AvgIpc) is 3.28. The minimum Gasteiger partial charge on any atom is -0.511 e. The molecular weight excluding hydrogens is 530 g/mol. The summed E-state index contributed by atoms with van der Waals surface area (Å²) in [5.74, 6) is -3.92. The third kappa shape index (κ3) is 4.66. The van der Waals surface area contributed by atoms with E-state index in [4.69, 9.17) is 0 Å². The zero-order valence-corrected chi connectivity index (χ0v) is 21.0. The molecule has 10 nitrogen and oxygen atoms in total. The highest BCUT2D eigenvalue weighted by atomic mass is 32.2. The lowest BCUT2D eigenvalue weighted by Gasteiger charge is -2.39. The van der Waals surface area contributed by atoms with Gasteiger partial charge in [0.15, 0.2) is 17.5 Å². The van der Waals surface area contributed by atoms with Gasteiger partial charge in [-0.2, -0.15) is 8.42 Å². The number of carbonyl (C=O) groups is 1. The Morgan fingerprint density at radius 3 is 2.62 bits per heavy atom. The number of amidine groups is 1. The Kier molecular flexibility index (Phi) is 5.98. The van der Waals surface area contributed by atoms with Crippen LogP contribution < -0.4 is 10.0 Å². The molecule has 1 aliphatic carbocycles. The van der Waals surface area contributed by atoms with E-state index in [2.05, 4.69) is 14.4 Å². The van der Waals surface area contributed by atoms with E-state index in [0.29, 0.717) is 24.8 Å². The molecular formula is C23H22F2N4O6S2. The van der Waals surface area contributed by atoms with Gasteiger partial charge in [-0.05, 0) is 48.7 Å². The predicted octanol–water partition coefficient (Wildman–Crippen LogP) is 2.87. The van der Waals surface area contributed by atoms with Crippen LogP contribution >= 0.6 is 0 Å². The van der Waals surface area contributed by atoms with Crippen molar-refractivity contribution in [1.82, 2.24) is 4.90 Å². The van der Waals surface area contributed by atoms with E-state index in [1.165, 1.54) is 23.1 Å². The van der Waals surface area contributed by atoms with Crippen molar-refractivity contribution < 1.29 is 35.5 Å². The van der Waals surface area contributed by atoms with Gasteiger partial charge in [-0.1, -0.05) is 12.5 Å². The molecule has 0 spiro atoms. The molecule has 2 atom stereocenters. The monoisotopic (exact) mass is 552 g/mol. The molecule has 3 aliphatic rings. The van der Waals surface area contributed by atoms with Crippen molar-refractivity contribution >= 4 is 43.2 Å². The SMILES string of the molecule is CS(=O)(=O)Nc1ccc2c(c1)S(=O)(=O)N=C(C1=C(O)[C@H]3CCC[C@H]3N(Cc3ccc(F)c(F)c3)C1=O)N2. The molecule has 0 unspecified atom stereocenters. The number of halogens is 2. The Morgan fingerprint density at radius 1 is 1.16 bits per heavy atom. The molecule has 37 heavy (non-hydrogen) atoms. The second kappa shape index (κ2) is 8.80. The molecule has 2 aromatic carbocycles. The van der Waals surface area contributed by atoms with Crippen LogP contribution in [0, 0.1) is 17.6 Å². The molecule has 2 heterocycles. The first kappa shape index (κ1) is 25.1. The van der Waals surface area contributed by atoms with E-state index >= 15 is 0 Å². The standard InChI is InChI=1S/C23H22F2N4O6S2/c1-36(32,33)27-13-6-8-17-19(10-13)37(34,35)28-22(26-17)20-21(30)14-3-2-4-18(14)29(23(20)31)11-12-5-7-15(24)16(25)9-12/h5-10,14,18,27,30H,2-4,11H2,1H3,(H,26,28)/t14-,18+/m0/s1. The van der Waals surface area contributed by atoms with E-state index < -0.39 is 49.5 Å². The Labute approximate surface area is 211 Å². The zero-order chi connectivity index (χ0) is 26.7. The lowest BCUT2D eigenvalue weighted by atomic mass is 9.89. The summed E-state index contributed by atoms with van der Waals surface area (Å²) >= 11 is 0. The lowest BCUT2D eigenvalue weighted by Crippen LogP contribution is -2.49. The largest absolute Gasteiger partial charge is 0.511 e. The number of hydrogen-bond acceptors (Lipinski definition) is 7. The van der Waals surface area contributed by atoms with Crippen LogP contribution in [-0.4, -0.2) is 50.9 Å². The molecule has 0 saturated heterocycles. The van der Waals surface area contributed by atoms with Gasteiger partial charge in [-0.25, -0.2) is 17.2 Å². The summed E-state index contributed by atoms with van der Waals surface area (Å²) in [6.07, 6.45) is 2.74. The number of fused-ring (bicyclic) bond motifs is 2. The van der Waals surface area contributed by atoms with Gasteiger partial charge in [0.05, 0.1) is 11.9 Å².